The van der Waals surface area contributed by atoms with Crippen molar-refractivity contribution in [3.63, 3.8) is 0 Å². The Labute approximate surface area is 82.7 Å². The molecule has 2 heteroatoms. The number of aliphatic hydroxyl groups excluding tert-OH is 1. The molecule has 0 fully saturated rings. The smallest absolute Gasteiger partial charge is 0.0526 e. The SMILES string of the molecule is CC(C)CC(C)NC(C)CC(C)O. The standard InChI is InChI=1S/C11H25NO/c1-8(2)6-9(3)12-10(4)7-11(5)13/h8-13H,6-7H2,1-5H3. The lowest BCUT2D eigenvalue weighted by Gasteiger charge is -2.22. The van der Waals surface area contributed by atoms with Crippen molar-refractivity contribution in [1.29, 1.82) is 0 Å². The molecule has 2 nitrogen and oxygen atoms in total. The zero-order chi connectivity index (χ0) is 10.4. The van der Waals surface area contributed by atoms with Crippen LogP contribution in [0.1, 0.15) is 47.5 Å². The molecule has 0 aliphatic heterocycles. The van der Waals surface area contributed by atoms with E-state index in [0.29, 0.717) is 12.1 Å². The molecule has 13 heavy (non-hydrogen) atoms. The quantitative estimate of drug-likeness (QED) is 0.668. The Morgan fingerprint density at radius 3 is 1.77 bits per heavy atom. The minimum Gasteiger partial charge on any atom is -0.393 e. The lowest BCUT2D eigenvalue weighted by molar-refractivity contribution is 0.167. The highest BCUT2D eigenvalue weighted by Crippen LogP contribution is 2.06. The number of hydrogen-bond acceptors (Lipinski definition) is 2. The Bertz CT molecular complexity index is 109. The summed E-state index contributed by atoms with van der Waals surface area (Å²) < 4.78 is 0. The minimum absolute atomic E-state index is 0.200. The molecular weight excluding hydrogens is 162 g/mol. The molecule has 0 bridgehead atoms. The van der Waals surface area contributed by atoms with E-state index in [1.54, 1.807) is 0 Å². The van der Waals surface area contributed by atoms with Crippen molar-refractivity contribution >= 4 is 0 Å². The first-order chi connectivity index (χ1) is 5.91. The van der Waals surface area contributed by atoms with Crippen molar-refractivity contribution in [1.82, 2.24) is 5.32 Å². The van der Waals surface area contributed by atoms with Crippen LogP contribution in [0.25, 0.3) is 0 Å². The minimum atomic E-state index is -0.200. The average Bonchev–Trinajstić information content (AvgIpc) is 1.80. The molecule has 3 unspecified atom stereocenters. The summed E-state index contributed by atoms with van der Waals surface area (Å²) in [5, 5.41) is 12.7. The van der Waals surface area contributed by atoms with Gasteiger partial charge in [-0.05, 0) is 39.5 Å². The second kappa shape index (κ2) is 6.39. The monoisotopic (exact) mass is 187 g/mol. The molecular formula is C11H25NO. The zero-order valence-electron chi connectivity index (χ0n) is 9.67. The van der Waals surface area contributed by atoms with Crippen molar-refractivity contribution in [3.05, 3.63) is 0 Å². The molecule has 0 rings (SSSR count). The van der Waals surface area contributed by atoms with Gasteiger partial charge >= 0.3 is 0 Å². The first-order valence-corrected chi connectivity index (χ1v) is 5.36. The summed E-state index contributed by atoms with van der Waals surface area (Å²) in [4.78, 5) is 0. The summed E-state index contributed by atoms with van der Waals surface area (Å²) >= 11 is 0. The first kappa shape index (κ1) is 12.9. The third-order valence-electron chi connectivity index (χ3n) is 2.09. The van der Waals surface area contributed by atoms with E-state index in [9.17, 15) is 5.11 Å². The van der Waals surface area contributed by atoms with Gasteiger partial charge in [-0.3, -0.25) is 0 Å². The van der Waals surface area contributed by atoms with Crippen LogP contribution in [-0.2, 0) is 0 Å². The van der Waals surface area contributed by atoms with Crippen molar-refractivity contribution < 1.29 is 5.11 Å². The van der Waals surface area contributed by atoms with Crippen LogP contribution in [0, 0.1) is 5.92 Å². The van der Waals surface area contributed by atoms with E-state index in [-0.39, 0.29) is 6.10 Å². The topological polar surface area (TPSA) is 32.3 Å². The molecule has 80 valence electrons. The maximum atomic E-state index is 9.18. The second-order valence-electron chi connectivity index (χ2n) is 4.68. The summed E-state index contributed by atoms with van der Waals surface area (Å²) in [6.07, 6.45) is 1.83. The highest BCUT2D eigenvalue weighted by atomic mass is 16.3. The molecule has 0 saturated carbocycles. The molecule has 0 saturated heterocycles. The van der Waals surface area contributed by atoms with Gasteiger partial charge in [0.2, 0.25) is 0 Å². The largest absolute Gasteiger partial charge is 0.393 e. The van der Waals surface area contributed by atoms with Gasteiger partial charge in [-0.1, -0.05) is 13.8 Å². The Kier molecular flexibility index (Phi) is 6.35. The van der Waals surface area contributed by atoms with Crippen molar-refractivity contribution in [3.8, 4) is 0 Å². The van der Waals surface area contributed by atoms with Gasteiger partial charge in [0.05, 0.1) is 6.10 Å². The van der Waals surface area contributed by atoms with E-state index in [1.807, 2.05) is 6.92 Å². The Morgan fingerprint density at radius 2 is 1.38 bits per heavy atom. The fourth-order valence-corrected chi connectivity index (χ4v) is 1.84. The third kappa shape index (κ3) is 8.26. The van der Waals surface area contributed by atoms with Gasteiger partial charge in [0, 0.05) is 12.1 Å². The normalized spacial score (nSPS) is 18.7. The second-order valence-corrected chi connectivity index (χ2v) is 4.68. The fourth-order valence-electron chi connectivity index (χ4n) is 1.84. The molecule has 0 aromatic rings. The van der Waals surface area contributed by atoms with E-state index in [0.717, 1.165) is 12.3 Å². The number of aliphatic hydroxyl groups is 1. The van der Waals surface area contributed by atoms with E-state index < -0.39 is 0 Å². The predicted octanol–water partition coefficient (Wildman–Crippen LogP) is 2.17. The van der Waals surface area contributed by atoms with Gasteiger partial charge in [0.1, 0.15) is 0 Å². The van der Waals surface area contributed by atoms with E-state index in [1.165, 1.54) is 6.42 Å². The fraction of sp³-hybridized carbons (Fsp3) is 1.00. The number of nitrogens with one attached hydrogen (secondary N) is 1. The van der Waals surface area contributed by atoms with Crippen LogP contribution in [-0.4, -0.2) is 23.3 Å². The summed E-state index contributed by atoms with van der Waals surface area (Å²) in [6, 6.07) is 0.961. The summed E-state index contributed by atoms with van der Waals surface area (Å²) in [5.41, 5.74) is 0. The highest BCUT2D eigenvalue weighted by molar-refractivity contribution is 4.70. The van der Waals surface area contributed by atoms with Crippen LogP contribution in [0.5, 0.6) is 0 Å². The maximum absolute atomic E-state index is 9.18. The Hall–Kier alpha value is -0.0800. The summed E-state index contributed by atoms with van der Waals surface area (Å²) in [6.45, 7) is 10.6. The van der Waals surface area contributed by atoms with Crippen LogP contribution in [0.2, 0.25) is 0 Å². The van der Waals surface area contributed by atoms with Crippen molar-refractivity contribution in [2.75, 3.05) is 0 Å². The predicted molar refractivity (Wildman–Crippen MR) is 57.8 cm³/mol. The van der Waals surface area contributed by atoms with Gasteiger partial charge in [-0.15, -0.1) is 0 Å². The van der Waals surface area contributed by atoms with Crippen LogP contribution in [0.15, 0.2) is 0 Å². The summed E-state index contributed by atoms with van der Waals surface area (Å²) in [7, 11) is 0. The van der Waals surface area contributed by atoms with Gasteiger partial charge in [-0.2, -0.15) is 0 Å². The molecule has 0 aliphatic rings. The molecule has 3 atom stereocenters. The summed E-state index contributed by atoms with van der Waals surface area (Å²) in [5.74, 6) is 0.737. The molecule has 0 aromatic heterocycles. The lowest BCUT2D eigenvalue weighted by atomic mass is 10.0. The number of hydrogen-bond donors (Lipinski definition) is 2. The first-order valence-electron chi connectivity index (χ1n) is 5.36. The van der Waals surface area contributed by atoms with E-state index >= 15 is 0 Å². The van der Waals surface area contributed by atoms with Crippen LogP contribution < -0.4 is 5.32 Å². The van der Waals surface area contributed by atoms with Crippen LogP contribution >= 0.6 is 0 Å². The van der Waals surface area contributed by atoms with Crippen LogP contribution in [0.3, 0.4) is 0 Å². The molecule has 0 heterocycles. The van der Waals surface area contributed by atoms with Gasteiger partial charge in [0.15, 0.2) is 0 Å². The Morgan fingerprint density at radius 1 is 0.923 bits per heavy atom. The molecule has 0 radical (unpaired) electrons. The third-order valence-corrected chi connectivity index (χ3v) is 2.09. The van der Waals surface area contributed by atoms with Gasteiger partial charge < -0.3 is 10.4 Å². The van der Waals surface area contributed by atoms with Gasteiger partial charge in [0.25, 0.3) is 0 Å². The van der Waals surface area contributed by atoms with E-state index in [4.69, 9.17) is 0 Å². The zero-order valence-corrected chi connectivity index (χ0v) is 9.67. The molecule has 0 aliphatic carbocycles. The molecule has 0 aromatic carbocycles. The van der Waals surface area contributed by atoms with E-state index in [2.05, 4.69) is 33.0 Å². The lowest BCUT2D eigenvalue weighted by Crippen LogP contribution is -2.37. The Balaban J connectivity index is 3.58. The average molecular weight is 187 g/mol. The van der Waals surface area contributed by atoms with Crippen molar-refractivity contribution in [2.45, 2.75) is 65.6 Å². The molecule has 0 spiro atoms. The van der Waals surface area contributed by atoms with Crippen molar-refractivity contribution in [2.24, 2.45) is 5.92 Å². The van der Waals surface area contributed by atoms with Gasteiger partial charge in [-0.25, -0.2) is 0 Å². The van der Waals surface area contributed by atoms with Crippen LogP contribution in [0.4, 0.5) is 0 Å². The maximum Gasteiger partial charge on any atom is 0.0526 e. The molecule has 2 N–H and O–H groups in total. The highest BCUT2D eigenvalue weighted by Gasteiger charge is 2.10. The molecule has 0 amide bonds. The number of rotatable bonds is 6.